The van der Waals surface area contributed by atoms with E-state index in [-0.39, 0.29) is 17.5 Å². The van der Waals surface area contributed by atoms with E-state index in [4.69, 9.17) is 4.74 Å². The Morgan fingerprint density at radius 3 is 2.54 bits per heavy atom. The predicted octanol–water partition coefficient (Wildman–Crippen LogP) is 1.01. The van der Waals surface area contributed by atoms with E-state index in [0.717, 1.165) is 12.8 Å². The van der Waals surface area contributed by atoms with Gasteiger partial charge in [0.25, 0.3) is 0 Å². The molecule has 0 spiro atoms. The van der Waals surface area contributed by atoms with Crippen LogP contribution in [0.2, 0.25) is 0 Å². The summed E-state index contributed by atoms with van der Waals surface area (Å²) in [7, 11) is 3.10. The smallest absolute Gasteiger partial charge is 0.242 e. The standard InChI is InChI=1S/C20H29N3O5/c1-13(22-27)16(12-24)18(14-7-9-15(28-3)10-8-14)20(26)23-11-5-4-6-17(23)19(25)21-2/h7-10,16-18,22,24,27H,1,4-6,11-12H2,2-3H3,(H,21,25)/t16-,17+,18-/m1/s1. The third kappa shape index (κ3) is 4.63. The number of benzene rings is 1. The number of amides is 2. The zero-order valence-electron chi connectivity index (χ0n) is 16.4. The normalized spacial score (nSPS) is 18.7. The molecule has 1 saturated heterocycles. The van der Waals surface area contributed by atoms with E-state index in [9.17, 15) is 19.9 Å². The molecule has 1 fully saturated rings. The molecular formula is C20H29N3O5. The number of hydrogen-bond donors (Lipinski definition) is 4. The molecule has 1 aliphatic heterocycles. The molecule has 0 unspecified atom stereocenters. The number of aliphatic hydroxyl groups is 1. The first-order chi connectivity index (χ1) is 13.5. The first kappa shape index (κ1) is 21.7. The molecule has 1 aromatic carbocycles. The van der Waals surface area contributed by atoms with Crippen LogP contribution in [-0.4, -0.2) is 60.4 Å². The number of likely N-dealkylation sites (tertiary alicyclic amines) is 1. The van der Waals surface area contributed by atoms with Crippen molar-refractivity contribution in [3.63, 3.8) is 0 Å². The average Bonchev–Trinajstić information content (AvgIpc) is 2.76. The summed E-state index contributed by atoms with van der Waals surface area (Å²) in [5, 5.41) is 21.9. The van der Waals surface area contributed by atoms with Gasteiger partial charge in [0, 0.05) is 25.2 Å². The van der Waals surface area contributed by atoms with Crippen LogP contribution in [0.4, 0.5) is 0 Å². The first-order valence-corrected chi connectivity index (χ1v) is 9.34. The number of rotatable bonds is 8. The summed E-state index contributed by atoms with van der Waals surface area (Å²) >= 11 is 0. The van der Waals surface area contributed by atoms with Gasteiger partial charge in [-0.3, -0.25) is 20.3 Å². The molecule has 4 N–H and O–H groups in total. The number of methoxy groups -OCH3 is 1. The minimum atomic E-state index is -0.812. The topological polar surface area (TPSA) is 111 Å². The summed E-state index contributed by atoms with van der Waals surface area (Å²) in [6, 6.07) is 6.39. The number of carbonyl (C=O) groups is 2. The van der Waals surface area contributed by atoms with E-state index in [1.54, 1.807) is 43.3 Å². The second kappa shape index (κ2) is 10.1. The fraction of sp³-hybridized carbons (Fsp3) is 0.500. The van der Waals surface area contributed by atoms with Crippen molar-refractivity contribution in [1.29, 1.82) is 0 Å². The molecule has 0 aromatic heterocycles. The van der Waals surface area contributed by atoms with E-state index < -0.39 is 24.5 Å². The Labute approximate surface area is 165 Å². The minimum absolute atomic E-state index is 0.130. The quantitative estimate of drug-likeness (QED) is 0.492. The summed E-state index contributed by atoms with van der Waals surface area (Å²) in [6.07, 6.45) is 2.25. The number of hydrogen-bond acceptors (Lipinski definition) is 6. The Morgan fingerprint density at radius 1 is 1.32 bits per heavy atom. The van der Waals surface area contributed by atoms with Gasteiger partial charge < -0.3 is 20.1 Å². The third-order valence-electron chi connectivity index (χ3n) is 5.27. The van der Waals surface area contributed by atoms with Gasteiger partial charge in [0.2, 0.25) is 11.8 Å². The van der Waals surface area contributed by atoms with Crippen LogP contribution in [0.25, 0.3) is 0 Å². The summed E-state index contributed by atoms with van der Waals surface area (Å²) < 4.78 is 5.18. The third-order valence-corrected chi connectivity index (χ3v) is 5.27. The lowest BCUT2D eigenvalue weighted by atomic mass is 9.82. The Balaban J connectivity index is 2.44. The number of nitrogens with zero attached hydrogens (tertiary/aromatic N) is 1. The van der Waals surface area contributed by atoms with Gasteiger partial charge in [-0.15, -0.1) is 0 Å². The Bertz CT molecular complexity index is 692. The van der Waals surface area contributed by atoms with E-state index in [2.05, 4.69) is 11.9 Å². The Kier molecular flexibility index (Phi) is 7.83. The predicted molar refractivity (Wildman–Crippen MR) is 104 cm³/mol. The van der Waals surface area contributed by atoms with Gasteiger partial charge in [-0.2, -0.15) is 0 Å². The molecule has 8 nitrogen and oxygen atoms in total. The Morgan fingerprint density at radius 2 is 2.00 bits per heavy atom. The van der Waals surface area contributed by atoms with Crippen LogP contribution in [0.5, 0.6) is 5.75 Å². The number of carbonyl (C=O) groups excluding carboxylic acids is 2. The van der Waals surface area contributed by atoms with Gasteiger partial charge in [0.05, 0.1) is 19.6 Å². The van der Waals surface area contributed by atoms with Crippen LogP contribution < -0.4 is 15.5 Å². The second-order valence-electron chi connectivity index (χ2n) is 6.83. The number of ether oxygens (including phenoxy) is 1. The molecule has 1 aromatic rings. The molecule has 0 aliphatic carbocycles. The minimum Gasteiger partial charge on any atom is -0.497 e. The van der Waals surface area contributed by atoms with Crippen molar-refractivity contribution in [3.8, 4) is 5.75 Å². The molecule has 0 saturated carbocycles. The Hall–Kier alpha value is -2.58. The number of nitrogens with one attached hydrogen (secondary N) is 2. The first-order valence-electron chi connectivity index (χ1n) is 9.34. The van der Waals surface area contributed by atoms with Gasteiger partial charge in [0.15, 0.2) is 0 Å². The molecule has 2 amide bonds. The highest BCUT2D eigenvalue weighted by atomic mass is 16.5. The van der Waals surface area contributed by atoms with E-state index >= 15 is 0 Å². The molecule has 28 heavy (non-hydrogen) atoms. The number of piperidine rings is 1. The highest BCUT2D eigenvalue weighted by molar-refractivity contribution is 5.91. The molecule has 2 rings (SSSR count). The van der Waals surface area contributed by atoms with Gasteiger partial charge in [-0.05, 0) is 37.0 Å². The zero-order valence-corrected chi connectivity index (χ0v) is 16.4. The van der Waals surface area contributed by atoms with Crippen molar-refractivity contribution in [2.24, 2.45) is 5.92 Å². The van der Waals surface area contributed by atoms with Crippen molar-refractivity contribution in [3.05, 3.63) is 42.1 Å². The maximum Gasteiger partial charge on any atom is 0.242 e. The molecule has 1 heterocycles. The van der Waals surface area contributed by atoms with Gasteiger partial charge in [-0.1, -0.05) is 18.7 Å². The number of aliphatic hydroxyl groups excluding tert-OH is 1. The molecule has 1 aliphatic rings. The maximum absolute atomic E-state index is 13.6. The fourth-order valence-corrected chi connectivity index (χ4v) is 3.67. The maximum atomic E-state index is 13.6. The highest BCUT2D eigenvalue weighted by Crippen LogP contribution is 2.33. The number of likely N-dealkylation sites (N-methyl/N-ethyl adjacent to an activating group) is 1. The molecule has 8 heteroatoms. The zero-order chi connectivity index (χ0) is 20.7. The largest absolute Gasteiger partial charge is 0.497 e. The van der Waals surface area contributed by atoms with Crippen LogP contribution in [0, 0.1) is 5.92 Å². The summed E-state index contributed by atoms with van der Waals surface area (Å²) in [6.45, 7) is 3.79. The second-order valence-corrected chi connectivity index (χ2v) is 6.83. The number of hydroxylamine groups is 1. The summed E-state index contributed by atoms with van der Waals surface area (Å²) in [5.41, 5.74) is 2.73. The van der Waals surface area contributed by atoms with Crippen molar-refractivity contribution < 1.29 is 24.6 Å². The fourth-order valence-electron chi connectivity index (χ4n) is 3.67. The van der Waals surface area contributed by atoms with Crippen LogP contribution in [0.15, 0.2) is 36.5 Å². The SMILES string of the molecule is C=C(NO)[C@@H](CO)[C@H](C(=O)N1CCCC[C@H]1C(=O)NC)c1ccc(OC)cc1. The summed E-state index contributed by atoms with van der Waals surface area (Å²) in [4.78, 5) is 27.4. The lowest BCUT2D eigenvalue weighted by Crippen LogP contribution is -2.53. The monoisotopic (exact) mass is 391 g/mol. The van der Waals surface area contributed by atoms with Crippen LogP contribution in [0.3, 0.4) is 0 Å². The average molecular weight is 391 g/mol. The van der Waals surface area contributed by atoms with Crippen molar-refractivity contribution in [1.82, 2.24) is 15.7 Å². The molecule has 3 atom stereocenters. The van der Waals surface area contributed by atoms with Gasteiger partial charge in [-0.25, -0.2) is 0 Å². The van der Waals surface area contributed by atoms with E-state index in [0.29, 0.717) is 24.3 Å². The molecule has 0 radical (unpaired) electrons. The van der Waals surface area contributed by atoms with E-state index in [1.807, 2.05) is 5.48 Å². The van der Waals surface area contributed by atoms with E-state index in [1.165, 1.54) is 0 Å². The van der Waals surface area contributed by atoms with Crippen molar-refractivity contribution in [2.45, 2.75) is 31.2 Å². The van der Waals surface area contributed by atoms with Crippen molar-refractivity contribution in [2.75, 3.05) is 27.3 Å². The van der Waals surface area contributed by atoms with Gasteiger partial charge in [0.1, 0.15) is 11.8 Å². The molecular weight excluding hydrogens is 362 g/mol. The highest BCUT2D eigenvalue weighted by Gasteiger charge is 2.39. The van der Waals surface area contributed by atoms with Crippen LogP contribution in [-0.2, 0) is 9.59 Å². The molecule has 154 valence electrons. The van der Waals surface area contributed by atoms with Crippen molar-refractivity contribution >= 4 is 11.8 Å². The van der Waals surface area contributed by atoms with Crippen LogP contribution in [0.1, 0.15) is 30.7 Å². The van der Waals surface area contributed by atoms with Gasteiger partial charge >= 0.3 is 0 Å². The lowest BCUT2D eigenvalue weighted by molar-refractivity contribution is -0.144. The molecule has 0 bridgehead atoms. The van der Waals surface area contributed by atoms with Crippen LogP contribution >= 0.6 is 0 Å². The summed E-state index contributed by atoms with van der Waals surface area (Å²) in [5.74, 6) is -1.43. The lowest BCUT2D eigenvalue weighted by Gasteiger charge is -2.38.